The maximum Gasteiger partial charge on any atom is 0.213 e. The quantitative estimate of drug-likeness (QED) is 0.888. The van der Waals surface area contributed by atoms with Gasteiger partial charge in [-0.15, -0.1) is 0 Å². The van der Waals surface area contributed by atoms with Gasteiger partial charge < -0.3 is 9.84 Å². The lowest BCUT2D eigenvalue weighted by atomic mass is 10.1. The first-order valence-corrected chi connectivity index (χ1v) is 5.11. The van der Waals surface area contributed by atoms with E-state index in [9.17, 15) is 8.78 Å². The fraction of sp³-hybridized carbons (Fsp3) is 0.273. The van der Waals surface area contributed by atoms with Crippen LogP contribution in [0.2, 0.25) is 0 Å². The summed E-state index contributed by atoms with van der Waals surface area (Å²) >= 11 is 0. The Labute approximate surface area is 96.6 Å². The lowest BCUT2D eigenvalue weighted by Crippen LogP contribution is -2.20. The highest BCUT2D eigenvalue weighted by molar-refractivity contribution is 5.21. The summed E-state index contributed by atoms with van der Waals surface area (Å²) in [5.41, 5.74) is 0.272. The third-order valence-electron chi connectivity index (χ3n) is 2.42. The highest BCUT2D eigenvalue weighted by Gasteiger charge is 2.14. The number of hydrogen-bond donors (Lipinski definition) is 1. The number of halogens is 2. The molecule has 0 aliphatic heterocycles. The summed E-state index contributed by atoms with van der Waals surface area (Å²) in [5.74, 6) is -1.22. The summed E-state index contributed by atoms with van der Waals surface area (Å²) in [5, 5.41) is 6.58. The van der Waals surface area contributed by atoms with Gasteiger partial charge in [0.2, 0.25) is 6.39 Å². The van der Waals surface area contributed by atoms with E-state index in [0.717, 1.165) is 6.07 Å². The van der Waals surface area contributed by atoms with Crippen LogP contribution in [0.3, 0.4) is 0 Å². The minimum atomic E-state index is -0.851. The Kier molecular flexibility index (Phi) is 3.43. The van der Waals surface area contributed by atoms with E-state index in [-0.39, 0.29) is 11.6 Å². The lowest BCUT2D eigenvalue weighted by molar-refractivity contribution is 0.403. The average molecular weight is 239 g/mol. The van der Waals surface area contributed by atoms with E-state index in [1.54, 1.807) is 6.92 Å². The summed E-state index contributed by atoms with van der Waals surface area (Å²) in [7, 11) is 0. The highest BCUT2D eigenvalue weighted by atomic mass is 19.2. The molecule has 0 spiro atoms. The minimum Gasteiger partial charge on any atom is -0.343 e. The Balaban J connectivity index is 2.04. The SMILES string of the molecule is CC(NCc1ncon1)c1cccc(F)c1F. The zero-order valence-corrected chi connectivity index (χ0v) is 9.15. The second-order valence-corrected chi connectivity index (χ2v) is 3.59. The molecule has 0 bridgehead atoms. The van der Waals surface area contributed by atoms with Gasteiger partial charge >= 0.3 is 0 Å². The van der Waals surface area contributed by atoms with E-state index in [0.29, 0.717) is 12.4 Å². The lowest BCUT2D eigenvalue weighted by Gasteiger charge is -2.13. The molecule has 0 aliphatic rings. The van der Waals surface area contributed by atoms with Crippen LogP contribution >= 0.6 is 0 Å². The number of nitrogens with zero attached hydrogens (tertiary/aromatic N) is 2. The maximum absolute atomic E-state index is 13.5. The third-order valence-corrected chi connectivity index (χ3v) is 2.42. The van der Waals surface area contributed by atoms with Crippen molar-refractivity contribution in [2.45, 2.75) is 19.5 Å². The van der Waals surface area contributed by atoms with E-state index in [1.165, 1.54) is 18.5 Å². The molecule has 90 valence electrons. The van der Waals surface area contributed by atoms with Crippen molar-refractivity contribution in [3.63, 3.8) is 0 Å². The molecular weight excluding hydrogens is 228 g/mol. The summed E-state index contributed by atoms with van der Waals surface area (Å²) < 4.78 is 31.0. The van der Waals surface area contributed by atoms with E-state index < -0.39 is 11.6 Å². The molecule has 0 saturated heterocycles. The van der Waals surface area contributed by atoms with Gasteiger partial charge in [-0.05, 0) is 13.0 Å². The molecule has 4 nitrogen and oxygen atoms in total. The molecule has 1 N–H and O–H groups in total. The van der Waals surface area contributed by atoms with Crippen molar-refractivity contribution in [2.24, 2.45) is 0 Å². The van der Waals surface area contributed by atoms with Crippen LogP contribution in [0.25, 0.3) is 0 Å². The van der Waals surface area contributed by atoms with E-state index in [2.05, 4.69) is 20.0 Å². The molecule has 0 aliphatic carbocycles. The maximum atomic E-state index is 13.5. The molecule has 1 aromatic heterocycles. The van der Waals surface area contributed by atoms with E-state index in [1.807, 2.05) is 0 Å². The highest BCUT2D eigenvalue weighted by Crippen LogP contribution is 2.18. The smallest absolute Gasteiger partial charge is 0.213 e. The van der Waals surface area contributed by atoms with Crippen LogP contribution in [0.4, 0.5) is 8.78 Å². The molecule has 17 heavy (non-hydrogen) atoms. The summed E-state index contributed by atoms with van der Waals surface area (Å²) in [6.07, 6.45) is 1.21. The number of aromatic nitrogens is 2. The van der Waals surface area contributed by atoms with Crippen molar-refractivity contribution in [3.05, 3.63) is 47.6 Å². The molecule has 1 atom stereocenters. The van der Waals surface area contributed by atoms with Gasteiger partial charge in [-0.3, -0.25) is 0 Å². The predicted octanol–water partition coefficient (Wildman–Crippen LogP) is 2.20. The molecule has 2 rings (SSSR count). The third kappa shape index (κ3) is 2.65. The molecule has 0 saturated carbocycles. The molecule has 1 aromatic carbocycles. The fourth-order valence-corrected chi connectivity index (χ4v) is 1.48. The van der Waals surface area contributed by atoms with Gasteiger partial charge in [0.15, 0.2) is 17.5 Å². The standard InChI is InChI=1S/C11H11F2N3O/c1-7(14-5-10-15-6-17-16-10)8-3-2-4-9(12)11(8)13/h2-4,6-7,14H,5H2,1H3. The molecule has 2 aromatic rings. The normalized spacial score (nSPS) is 12.6. The monoisotopic (exact) mass is 239 g/mol. The Morgan fingerprint density at radius 1 is 1.41 bits per heavy atom. The number of nitrogens with one attached hydrogen (secondary N) is 1. The van der Waals surface area contributed by atoms with Crippen LogP contribution in [0.1, 0.15) is 24.4 Å². The Hall–Kier alpha value is -1.82. The van der Waals surface area contributed by atoms with Crippen molar-refractivity contribution in [3.8, 4) is 0 Å². The number of hydrogen-bond acceptors (Lipinski definition) is 4. The van der Waals surface area contributed by atoms with Crippen molar-refractivity contribution in [2.75, 3.05) is 0 Å². The van der Waals surface area contributed by atoms with Gasteiger partial charge in [0.05, 0.1) is 6.54 Å². The van der Waals surface area contributed by atoms with Crippen LogP contribution in [0, 0.1) is 11.6 Å². The topological polar surface area (TPSA) is 51.0 Å². The Morgan fingerprint density at radius 3 is 2.94 bits per heavy atom. The van der Waals surface area contributed by atoms with Crippen molar-refractivity contribution in [1.82, 2.24) is 15.5 Å². The zero-order valence-electron chi connectivity index (χ0n) is 9.15. The van der Waals surface area contributed by atoms with Crippen molar-refractivity contribution < 1.29 is 13.3 Å². The van der Waals surface area contributed by atoms with Gasteiger partial charge in [0.1, 0.15) is 0 Å². The van der Waals surface area contributed by atoms with Crippen molar-refractivity contribution >= 4 is 0 Å². The summed E-state index contributed by atoms with van der Waals surface area (Å²) in [6, 6.07) is 3.75. The first kappa shape index (κ1) is 11.7. The largest absolute Gasteiger partial charge is 0.343 e. The molecule has 1 heterocycles. The second-order valence-electron chi connectivity index (χ2n) is 3.59. The first-order chi connectivity index (χ1) is 8.18. The van der Waals surface area contributed by atoms with E-state index in [4.69, 9.17) is 0 Å². The molecule has 1 unspecified atom stereocenters. The van der Waals surface area contributed by atoms with E-state index >= 15 is 0 Å². The van der Waals surface area contributed by atoms with Gasteiger partial charge in [-0.25, -0.2) is 8.78 Å². The van der Waals surface area contributed by atoms with Crippen LogP contribution in [0.5, 0.6) is 0 Å². The summed E-state index contributed by atoms with van der Waals surface area (Å²) in [4.78, 5) is 3.81. The van der Waals surface area contributed by atoms with Crippen LogP contribution in [0.15, 0.2) is 29.1 Å². The number of rotatable bonds is 4. The van der Waals surface area contributed by atoms with Gasteiger partial charge in [0, 0.05) is 11.6 Å². The van der Waals surface area contributed by atoms with Gasteiger partial charge in [-0.1, -0.05) is 17.3 Å². The Morgan fingerprint density at radius 2 is 2.24 bits per heavy atom. The predicted molar refractivity (Wildman–Crippen MR) is 55.9 cm³/mol. The second kappa shape index (κ2) is 5.01. The summed E-state index contributed by atoms with van der Waals surface area (Å²) in [6.45, 7) is 2.06. The molecule has 0 radical (unpaired) electrons. The molecule has 0 amide bonds. The number of benzene rings is 1. The van der Waals surface area contributed by atoms with Crippen LogP contribution in [-0.4, -0.2) is 10.1 Å². The zero-order chi connectivity index (χ0) is 12.3. The van der Waals surface area contributed by atoms with Gasteiger partial charge in [0.25, 0.3) is 0 Å². The molecular formula is C11H11F2N3O. The average Bonchev–Trinajstić information content (AvgIpc) is 2.82. The van der Waals surface area contributed by atoms with Gasteiger partial charge in [-0.2, -0.15) is 4.98 Å². The molecule has 6 heteroatoms. The van der Waals surface area contributed by atoms with Crippen LogP contribution in [-0.2, 0) is 6.54 Å². The van der Waals surface area contributed by atoms with Crippen molar-refractivity contribution in [1.29, 1.82) is 0 Å². The fourth-order valence-electron chi connectivity index (χ4n) is 1.48. The first-order valence-electron chi connectivity index (χ1n) is 5.11. The minimum absolute atomic E-state index is 0.272. The molecule has 0 fully saturated rings. The Bertz CT molecular complexity index is 487. The van der Waals surface area contributed by atoms with Crippen LogP contribution < -0.4 is 5.32 Å².